The summed E-state index contributed by atoms with van der Waals surface area (Å²) in [7, 11) is 0. The Balaban J connectivity index is 1.16. The predicted molar refractivity (Wildman–Crippen MR) is 184 cm³/mol. The first-order chi connectivity index (χ1) is 21.7. The SMILES string of the molecule is C=Cc1ccc(OCCCCCCCCCCCOc2ccc(C(=O)Oc3ccc(CCCCCCCC)cc3)cc2)cc1. The molecule has 0 atom stereocenters. The van der Waals surface area contributed by atoms with Gasteiger partial charge in [0, 0.05) is 0 Å². The lowest BCUT2D eigenvalue weighted by Gasteiger charge is -2.08. The van der Waals surface area contributed by atoms with Crippen LogP contribution in [0.1, 0.15) is 125 Å². The van der Waals surface area contributed by atoms with E-state index in [1.165, 1.54) is 89.0 Å². The molecule has 4 heteroatoms. The summed E-state index contributed by atoms with van der Waals surface area (Å²) in [4.78, 5) is 12.6. The van der Waals surface area contributed by atoms with E-state index in [4.69, 9.17) is 14.2 Å². The molecule has 3 aromatic carbocycles. The lowest BCUT2D eigenvalue weighted by Crippen LogP contribution is -2.08. The molecule has 0 saturated carbocycles. The van der Waals surface area contributed by atoms with Gasteiger partial charge in [-0.15, -0.1) is 0 Å². The summed E-state index contributed by atoms with van der Waals surface area (Å²) >= 11 is 0. The number of hydrogen-bond donors (Lipinski definition) is 0. The van der Waals surface area contributed by atoms with E-state index in [0.29, 0.717) is 17.9 Å². The molecule has 0 aromatic heterocycles. The number of rotatable bonds is 24. The molecule has 3 rings (SSSR count). The van der Waals surface area contributed by atoms with Gasteiger partial charge in [-0.3, -0.25) is 0 Å². The first-order valence-corrected chi connectivity index (χ1v) is 17.1. The second-order valence-electron chi connectivity index (χ2n) is 11.7. The van der Waals surface area contributed by atoms with Crippen LogP contribution in [-0.4, -0.2) is 19.2 Å². The molecule has 0 bridgehead atoms. The summed E-state index contributed by atoms with van der Waals surface area (Å²) in [5.74, 6) is 1.96. The fourth-order valence-corrected chi connectivity index (χ4v) is 5.21. The average Bonchev–Trinajstić information content (AvgIpc) is 3.06. The van der Waals surface area contributed by atoms with Gasteiger partial charge in [-0.25, -0.2) is 4.79 Å². The first kappa shape index (κ1) is 35.0. The molecule has 238 valence electrons. The maximum absolute atomic E-state index is 12.6. The Labute approximate surface area is 266 Å². The Bertz CT molecular complexity index is 1170. The van der Waals surface area contributed by atoms with Gasteiger partial charge in [-0.1, -0.05) is 121 Å². The Morgan fingerprint density at radius 3 is 1.55 bits per heavy atom. The lowest BCUT2D eigenvalue weighted by molar-refractivity contribution is 0.0734. The van der Waals surface area contributed by atoms with Crippen LogP contribution < -0.4 is 14.2 Å². The second-order valence-corrected chi connectivity index (χ2v) is 11.7. The van der Waals surface area contributed by atoms with Gasteiger partial charge in [-0.2, -0.15) is 0 Å². The van der Waals surface area contributed by atoms with E-state index in [2.05, 4.69) is 25.6 Å². The molecular weight excluding hydrogens is 544 g/mol. The van der Waals surface area contributed by atoms with Crippen molar-refractivity contribution in [1.82, 2.24) is 0 Å². The molecule has 4 nitrogen and oxygen atoms in total. The lowest BCUT2D eigenvalue weighted by atomic mass is 10.0. The van der Waals surface area contributed by atoms with Crippen LogP contribution in [0.4, 0.5) is 0 Å². The summed E-state index contributed by atoms with van der Waals surface area (Å²) in [6.45, 7) is 7.51. The van der Waals surface area contributed by atoms with Crippen molar-refractivity contribution in [2.24, 2.45) is 0 Å². The van der Waals surface area contributed by atoms with Crippen LogP contribution >= 0.6 is 0 Å². The molecule has 0 unspecified atom stereocenters. The van der Waals surface area contributed by atoms with Crippen molar-refractivity contribution in [1.29, 1.82) is 0 Å². The maximum Gasteiger partial charge on any atom is 0.343 e. The molecule has 0 spiro atoms. The van der Waals surface area contributed by atoms with E-state index < -0.39 is 0 Å². The number of unbranched alkanes of at least 4 members (excludes halogenated alkanes) is 13. The van der Waals surface area contributed by atoms with E-state index in [9.17, 15) is 4.79 Å². The average molecular weight is 599 g/mol. The minimum Gasteiger partial charge on any atom is -0.494 e. The maximum atomic E-state index is 12.6. The second kappa shape index (κ2) is 22.0. The normalized spacial score (nSPS) is 10.8. The van der Waals surface area contributed by atoms with Crippen LogP contribution in [0.2, 0.25) is 0 Å². The van der Waals surface area contributed by atoms with Crippen LogP contribution in [-0.2, 0) is 6.42 Å². The quantitative estimate of drug-likeness (QED) is 0.0584. The number of esters is 1. The van der Waals surface area contributed by atoms with Crippen molar-refractivity contribution in [2.75, 3.05) is 13.2 Å². The summed E-state index contributed by atoms with van der Waals surface area (Å²) in [5.41, 5.74) is 2.94. The number of aryl methyl sites for hydroxylation is 1. The van der Waals surface area contributed by atoms with Gasteiger partial charge < -0.3 is 14.2 Å². The Morgan fingerprint density at radius 1 is 0.568 bits per heavy atom. The highest BCUT2D eigenvalue weighted by Gasteiger charge is 2.09. The fraction of sp³-hybridized carbons (Fsp3) is 0.475. The van der Waals surface area contributed by atoms with E-state index >= 15 is 0 Å². The van der Waals surface area contributed by atoms with Crippen LogP contribution in [0.15, 0.2) is 79.4 Å². The van der Waals surface area contributed by atoms with Gasteiger partial charge >= 0.3 is 5.97 Å². The third-order valence-corrected chi connectivity index (χ3v) is 7.98. The standard InChI is InChI=1S/C40H54O4/c1-3-5-6-7-13-16-19-35-22-28-39(29-23-35)44-40(41)36-24-30-38(31-25-36)43-33-18-15-12-10-8-9-11-14-17-32-42-37-26-20-34(4-2)21-27-37/h4,20-31H,2-3,5-19,32-33H2,1H3. The molecular formula is C40H54O4. The minimum absolute atomic E-state index is 0.344. The Kier molecular flexibility index (Phi) is 17.5. The number of carbonyl (C=O) groups excluding carboxylic acids is 1. The minimum atomic E-state index is -0.344. The smallest absolute Gasteiger partial charge is 0.343 e. The highest BCUT2D eigenvalue weighted by atomic mass is 16.5. The first-order valence-electron chi connectivity index (χ1n) is 17.1. The number of carbonyl (C=O) groups is 1. The largest absolute Gasteiger partial charge is 0.494 e. The predicted octanol–water partition coefficient (Wildman–Crippen LogP) is 11.4. The van der Waals surface area contributed by atoms with E-state index in [0.717, 1.165) is 42.9 Å². The molecule has 3 aromatic rings. The highest BCUT2D eigenvalue weighted by Crippen LogP contribution is 2.19. The van der Waals surface area contributed by atoms with Crippen LogP contribution in [0.3, 0.4) is 0 Å². The molecule has 0 N–H and O–H groups in total. The van der Waals surface area contributed by atoms with Crippen LogP contribution in [0.25, 0.3) is 6.08 Å². The molecule has 0 aliphatic carbocycles. The highest BCUT2D eigenvalue weighted by molar-refractivity contribution is 5.91. The summed E-state index contributed by atoms with van der Waals surface area (Å²) in [6.07, 6.45) is 21.6. The molecule has 0 amide bonds. The van der Waals surface area contributed by atoms with Crippen molar-refractivity contribution in [3.8, 4) is 17.2 Å². The van der Waals surface area contributed by atoms with Gasteiger partial charge in [0.1, 0.15) is 17.2 Å². The third kappa shape index (κ3) is 14.8. The third-order valence-electron chi connectivity index (χ3n) is 7.98. The van der Waals surface area contributed by atoms with Gasteiger partial charge in [0.15, 0.2) is 0 Å². The molecule has 0 fully saturated rings. The fourth-order valence-electron chi connectivity index (χ4n) is 5.21. The van der Waals surface area contributed by atoms with Gasteiger partial charge in [0.2, 0.25) is 0 Å². The molecule has 44 heavy (non-hydrogen) atoms. The zero-order valence-electron chi connectivity index (χ0n) is 27.1. The molecule has 0 radical (unpaired) electrons. The number of ether oxygens (including phenoxy) is 3. The monoisotopic (exact) mass is 598 g/mol. The Morgan fingerprint density at radius 2 is 1.02 bits per heavy atom. The summed E-state index contributed by atoms with van der Waals surface area (Å²) < 4.78 is 17.3. The Hall–Kier alpha value is -3.53. The van der Waals surface area contributed by atoms with Crippen LogP contribution in [0.5, 0.6) is 17.2 Å². The van der Waals surface area contributed by atoms with Crippen molar-refractivity contribution in [2.45, 2.75) is 110 Å². The zero-order chi connectivity index (χ0) is 31.1. The van der Waals surface area contributed by atoms with Gasteiger partial charge in [0.25, 0.3) is 0 Å². The summed E-state index contributed by atoms with van der Waals surface area (Å²) in [5, 5.41) is 0. The number of hydrogen-bond acceptors (Lipinski definition) is 4. The van der Waals surface area contributed by atoms with Gasteiger partial charge in [-0.05, 0) is 85.3 Å². The van der Waals surface area contributed by atoms with E-state index in [-0.39, 0.29) is 5.97 Å². The van der Waals surface area contributed by atoms with E-state index in [1.54, 1.807) is 12.1 Å². The van der Waals surface area contributed by atoms with Crippen LogP contribution in [0, 0.1) is 0 Å². The molecule has 0 heterocycles. The van der Waals surface area contributed by atoms with Crippen molar-refractivity contribution in [3.05, 3.63) is 96.1 Å². The molecule has 0 aliphatic rings. The van der Waals surface area contributed by atoms with Crippen molar-refractivity contribution >= 4 is 12.0 Å². The zero-order valence-corrected chi connectivity index (χ0v) is 27.1. The van der Waals surface area contributed by atoms with E-state index in [1.807, 2.05) is 54.6 Å². The van der Waals surface area contributed by atoms with Crippen molar-refractivity contribution in [3.63, 3.8) is 0 Å². The van der Waals surface area contributed by atoms with Crippen molar-refractivity contribution < 1.29 is 19.0 Å². The summed E-state index contributed by atoms with van der Waals surface area (Å²) in [6, 6.07) is 23.2. The number of benzene rings is 3. The topological polar surface area (TPSA) is 44.8 Å². The van der Waals surface area contributed by atoms with Gasteiger partial charge in [0.05, 0.1) is 18.8 Å². The molecule has 0 aliphatic heterocycles. The molecule has 0 saturated heterocycles.